The van der Waals surface area contributed by atoms with Crippen LogP contribution in [0, 0.1) is 24.3 Å². The van der Waals surface area contributed by atoms with Crippen molar-refractivity contribution >= 4 is 40.2 Å². The number of methoxy groups -OCH3 is 1. The van der Waals surface area contributed by atoms with E-state index in [9.17, 15) is 9.59 Å². The summed E-state index contributed by atoms with van der Waals surface area (Å²) in [6, 6.07) is 9.10. The summed E-state index contributed by atoms with van der Waals surface area (Å²) in [5.74, 6) is -0.607. The maximum Gasteiger partial charge on any atom is 0.338 e. The molecule has 0 spiro atoms. The molecule has 0 aromatic heterocycles. The molecule has 0 fully saturated rings. The van der Waals surface area contributed by atoms with Crippen LogP contribution in [0.4, 0.5) is 5.69 Å². The second-order valence-electron chi connectivity index (χ2n) is 5.35. The van der Waals surface area contributed by atoms with E-state index in [-0.39, 0.29) is 5.91 Å². The Balaban J connectivity index is 2.37. The van der Waals surface area contributed by atoms with Crippen LogP contribution in [0.1, 0.15) is 37.4 Å². The summed E-state index contributed by atoms with van der Waals surface area (Å²) >= 11 is 2.16. The van der Waals surface area contributed by atoms with Crippen LogP contribution < -0.4 is 5.32 Å². The Morgan fingerprint density at radius 2 is 1.74 bits per heavy atom. The summed E-state index contributed by atoms with van der Waals surface area (Å²) in [7, 11) is 1.34. The van der Waals surface area contributed by atoms with Crippen LogP contribution in [-0.2, 0) is 4.74 Å². The van der Waals surface area contributed by atoms with E-state index in [4.69, 9.17) is 4.74 Å². The third-order valence-electron chi connectivity index (χ3n) is 3.77. The number of halogens is 1. The first kappa shape index (κ1) is 17.5. The van der Waals surface area contributed by atoms with Crippen molar-refractivity contribution in [3.63, 3.8) is 0 Å². The van der Waals surface area contributed by atoms with Crippen LogP contribution in [0.2, 0.25) is 0 Å². The Morgan fingerprint density at radius 1 is 1.04 bits per heavy atom. The summed E-state index contributed by atoms with van der Waals surface area (Å²) < 4.78 is 5.72. The smallest absolute Gasteiger partial charge is 0.338 e. The molecule has 0 aliphatic carbocycles. The highest BCUT2D eigenvalue weighted by Crippen LogP contribution is 2.23. The minimum Gasteiger partial charge on any atom is -0.465 e. The molecular weight excluding hydrogens is 405 g/mol. The lowest BCUT2D eigenvalue weighted by Crippen LogP contribution is -2.15. The van der Waals surface area contributed by atoms with E-state index in [1.165, 1.54) is 7.11 Å². The molecule has 2 rings (SSSR count). The van der Waals surface area contributed by atoms with Crippen LogP contribution in [0.25, 0.3) is 0 Å². The first-order valence-electron chi connectivity index (χ1n) is 7.11. The van der Waals surface area contributed by atoms with Gasteiger partial charge in [-0.25, -0.2) is 4.79 Å². The maximum atomic E-state index is 12.5. The number of anilines is 1. The van der Waals surface area contributed by atoms with Crippen LogP contribution in [0.3, 0.4) is 0 Å². The van der Waals surface area contributed by atoms with Gasteiger partial charge < -0.3 is 10.1 Å². The lowest BCUT2D eigenvalue weighted by Gasteiger charge is -2.13. The quantitative estimate of drug-likeness (QED) is 0.593. The van der Waals surface area contributed by atoms with Gasteiger partial charge in [-0.05, 0) is 78.3 Å². The van der Waals surface area contributed by atoms with Gasteiger partial charge in [-0.2, -0.15) is 0 Å². The number of esters is 1. The van der Waals surface area contributed by atoms with E-state index in [1.807, 2.05) is 39.0 Å². The molecule has 2 aromatic rings. The highest BCUT2D eigenvalue weighted by atomic mass is 127. The fourth-order valence-corrected chi connectivity index (χ4v) is 2.88. The number of ether oxygens (including phenoxy) is 1. The molecule has 0 aliphatic heterocycles. The zero-order valence-electron chi connectivity index (χ0n) is 13.5. The molecular formula is C18H18INO3. The summed E-state index contributed by atoms with van der Waals surface area (Å²) in [4.78, 5) is 24.4. The van der Waals surface area contributed by atoms with E-state index < -0.39 is 5.97 Å². The second-order valence-corrected chi connectivity index (χ2v) is 6.43. The van der Waals surface area contributed by atoms with E-state index in [1.54, 1.807) is 12.1 Å². The van der Waals surface area contributed by atoms with E-state index in [0.29, 0.717) is 16.8 Å². The minimum absolute atomic E-state index is 0.197. The van der Waals surface area contributed by atoms with E-state index in [2.05, 4.69) is 27.9 Å². The van der Waals surface area contributed by atoms with Crippen LogP contribution in [0.5, 0.6) is 0 Å². The minimum atomic E-state index is -0.410. The van der Waals surface area contributed by atoms with E-state index >= 15 is 0 Å². The number of hydrogen-bond acceptors (Lipinski definition) is 3. The molecule has 120 valence electrons. The Morgan fingerprint density at radius 3 is 2.39 bits per heavy atom. The van der Waals surface area contributed by atoms with Crippen molar-refractivity contribution in [2.24, 2.45) is 0 Å². The third kappa shape index (κ3) is 3.72. The molecule has 0 saturated carbocycles. The fraction of sp³-hybridized carbons (Fsp3) is 0.222. The average molecular weight is 423 g/mol. The van der Waals surface area contributed by atoms with Gasteiger partial charge in [-0.1, -0.05) is 12.1 Å². The molecule has 1 amide bonds. The van der Waals surface area contributed by atoms with Crippen molar-refractivity contribution < 1.29 is 14.3 Å². The van der Waals surface area contributed by atoms with Crippen LogP contribution in [0.15, 0.2) is 30.3 Å². The summed E-state index contributed by atoms with van der Waals surface area (Å²) in [5.41, 5.74) is 4.47. The Labute approximate surface area is 149 Å². The first-order valence-corrected chi connectivity index (χ1v) is 8.19. The van der Waals surface area contributed by atoms with Gasteiger partial charge in [-0.15, -0.1) is 0 Å². The summed E-state index contributed by atoms with van der Waals surface area (Å²) in [5, 5.41) is 2.86. The molecule has 0 radical (unpaired) electrons. The lowest BCUT2D eigenvalue weighted by molar-refractivity contribution is 0.0599. The number of benzene rings is 2. The molecule has 0 heterocycles. The molecule has 0 bridgehead atoms. The topological polar surface area (TPSA) is 55.4 Å². The molecule has 4 nitrogen and oxygen atoms in total. The van der Waals surface area contributed by atoms with Crippen molar-refractivity contribution in [3.05, 3.63) is 61.7 Å². The predicted molar refractivity (Wildman–Crippen MR) is 99.1 cm³/mol. The number of amides is 1. The van der Waals surface area contributed by atoms with Crippen molar-refractivity contribution in [1.82, 2.24) is 0 Å². The SMILES string of the molecule is COC(=O)c1cc(NC(=O)c2cccc(C)c2I)cc(C)c1C. The van der Waals surface area contributed by atoms with Gasteiger partial charge in [0.2, 0.25) is 0 Å². The van der Waals surface area contributed by atoms with Crippen molar-refractivity contribution in [3.8, 4) is 0 Å². The number of carbonyl (C=O) groups is 2. The van der Waals surface area contributed by atoms with Crippen LogP contribution in [-0.4, -0.2) is 19.0 Å². The molecule has 0 saturated heterocycles. The van der Waals surface area contributed by atoms with Crippen molar-refractivity contribution in [2.75, 3.05) is 12.4 Å². The zero-order valence-corrected chi connectivity index (χ0v) is 15.6. The number of rotatable bonds is 3. The molecule has 0 unspecified atom stereocenters. The van der Waals surface area contributed by atoms with Gasteiger partial charge in [0, 0.05) is 9.26 Å². The molecule has 0 atom stereocenters. The molecule has 1 N–H and O–H groups in total. The number of carbonyl (C=O) groups excluding carboxylic acids is 2. The summed E-state index contributed by atoms with van der Waals surface area (Å²) in [6.07, 6.45) is 0. The lowest BCUT2D eigenvalue weighted by atomic mass is 10.0. The number of aryl methyl sites for hydroxylation is 2. The zero-order chi connectivity index (χ0) is 17.1. The molecule has 5 heteroatoms. The largest absolute Gasteiger partial charge is 0.465 e. The number of nitrogens with one attached hydrogen (secondary N) is 1. The predicted octanol–water partition coefficient (Wildman–Crippen LogP) is 4.26. The number of hydrogen-bond donors (Lipinski definition) is 1. The van der Waals surface area contributed by atoms with Gasteiger partial charge in [0.25, 0.3) is 5.91 Å². The molecule has 23 heavy (non-hydrogen) atoms. The molecule has 0 aliphatic rings. The fourth-order valence-electron chi connectivity index (χ4n) is 2.27. The van der Waals surface area contributed by atoms with Gasteiger partial charge in [-0.3, -0.25) is 4.79 Å². The van der Waals surface area contributed by atoms with E-state index in [0.717, 1.165) is 20.3 Å². The highest BCUT2D eigenvalue weighted by molar-refractivity contribution is 14.1. The Hall–Kier alpha value is -1.89. The van der Waals surface area contributed by atoms with Crippen molar-refractivity contribution in [1.29, 1.82) is 0 Å². The Kier molecular flexibility index (Phi) is 5.41. The first-order chi connectivity index (χ1) is 10.8. The average Bonchev–Trinajstić information content (AvgIpc) is 2.52. The standard InChI is InChI=1S/C18H18INO3/c1-10-6-5-7-14(16(10)19)17(21)20-13-8-11(2)12(3)15(9-13)18(22)23-4/h5-9H,1-4H3,(H,20,21). The molecule has 2 aromatic carbocycles. The Bertz CT molecular complexity index is 784. The summed E-state index contributed by atoms with van der Waals surface area (Å²) in [6.45, 7) is 5.72. The van der Waals surface area contributed by atoms with Gasteiger partial charge >= 0.3 is 5.97 Å². The van der Waals surface area contributed by atoms with Gasteiger partial charge in [0.15, 0.2) is 0 Å². The van der Waals surface area contributed by atoms with Crippen molar-refractivity contribution in [2.45, 2.75) is 20.8 Å². The maximum absolute atomic E-state index is 12.5. The third-order valence-corrected chi connectivity index (χ3v) is 5.20. The second kappa shape index (κ2) is 7.12. The highest BCUT2D eigenvalue weighted by Gasteiger charge is 2.16. The van der Waals surface area contributed by atoms with Crippen LogP contribution >= 0.6 is 22.6 Å². The monoisotopic (exact) mass is 423 g/mol. The van der Waals surface area contributed by atoms with Gasteiger partial charge in [0.05, 0.1) is 18.2 Å². The van der Waals surface area contributed by atoms with Gasteiger partial charge in [0.1, 0.15) is 0 Å². The normalized spacial score (nSPS) is 10.3.